The molecule has 0 aromatic carbocycles. The number of hydrogen-bond donors (Lipinski definition) is 9. The van der Waals surface area contributed by atoms with Gasteiger partial charge >= 0.3 is 42.7 Å². The molecule has 0 amide bonds. The van der Waals surface area contributed by atoms with Gasteiger partial charge in [-0.25, -0.2) is 0 Å². The zero-order chi connectivity index (χ0) is 30.0. The van der Waals surface area contributed by atoms with Crippen LogP contribution in [-0.4, -0.2) is 114 Å². The van der Waals surface area contributed by atoms with E-state index >= 15 is 0 Å². The summed E-state index contributed by atoms with van der Waals surface area (Å²) in [7, 11) is 5.96. The molecule has 0 atom stereocenters. The standard InChI is InChI=1S/C21H60B6N12/c1-16(2)28-22(29-17(3)4)37(13)25-34-26(38(14)23(30-18(5)6)31-19(7)8)36-27(35-25)39(15)24(32-20(9)10)33-21(11)12/h16-21,28-36H,1-15H3. The third-order valence-corrected chi connectivity index (χ3v) is 6.34. The maximum atomic E-state index is 3.81. The minimum atomic E-state index is -0.133. The average molecular weight is 546 g/mol. The molecule has 0 radical (unpaired) electrons. The van der Waals surface area contributed by atoms with Gasteiger partial charge in [0.25, 0.3) is 0 Å². The maximum absolute atomic E-state index is 3.81. The second kappa shape index (κ2) is 17.8. The van der Waals surface area contributed by atoms with Crippen molar-refractivity contribution in [2.24, 2.45) is 0 Å². The van der Waals surface area contributed by atoms with Gasteiger partial charge in [-0.2, -0.15) is 0 Å². The van der Waals surface area contributed by atoms with Gasteiger partial charge in [0.15, 0.2) is 0 Å². The minimum Gasteiger partial charge on any atom is -0.343 e. The quantitative estimate of drug-likeness (QED) is 0.0930. The Morgan fingerprint density at radius 2 is 0.538 bits per heavy atom. The third-order valence-electron chi connectivity index (χ3n) is 6.34. The molecule has 0 spiro atoms. The van der Waals surface area contributed by atoms with Crippen molar-refractivity contribution in [3.8, 4) is 0 Å². The fourth-order valence-electron chi connectivity index (χ4n) is 4.49. The van der Waals surface area contributed by atoms with Crippen molar-refractivity contribution in [2.75, 3.05) is 21.1 Å². The fraction of sp³-hybridized carbons (Fsp3) is 1.00. The summed E-state index contributed by atoms with van der Waals surface area (Å²) in [5.74, 6) is 0. The fourth-order valence-corrected chi connectivity index (χ4v) is 4.49. The Balaban J connectivity index is 3.37. The van der Waals surface area contributed by atoms with Gasteiger partial charge in [0.2, 0.25) is 0 Å². The summed E-state index contributed by atoms with van der Waals surface area (Å²) in [6.07, 6.45) is 0. The maximum Gasteiger partial charge on any atom is 0.388 e. The lowest BCUT2D eigenvalue weighted by molar-refractivity contribution is 0.579. The average Bonchev–Trinajstić information content (AvgIpc) is 2.79. The smallest absolute Gasteiger partial charge is 0.343 e. The number of hydrogen-bond acceptors (Lipinski definition) is 12. The Bertz CT molecular complexity index is 543. The summed E-state index contributed by atoms with van der Waals surface area (Å²) < 4.78 is 6.89. The van der Waals surface area contributed by atoms with E-state index in [0.29, 0.717) is 36.3 Å². The molecule has 0 aromatic heterocycles. The van der Waals surface area contributed by atoms with Crippen molar-refractivity contribution in [3.05, 3.63) is 0 Å². The number of nitrogens with zero attached hydrogens (tertiary/aromatic N) is 3. The summed E-state index contributed by atoms with van der Waals surface area (Å²) in [6, 6.07) is 1.96. The van der Waals surface area contributed by atoms with Crippen LogP contribution >= 0.6 is 0 Å². The van der Waals surface area contributed by atoms with Crippen LogP contribution < -0.4 is 46.8 Å². The summed E-state index contributed by atoms with van der Waals surface area (Å²) in [5.41, 5.74) is 0. The van der Waals surface area contributed by atoms with Crippen molar-refractivity contribution in [1.29, 1.82) is 0 Å². The Kier molecular flexibility index (Phi) is 16.8. The normalized spacial score (nSPS) is 15.2. The van der Waals surface area contributed by atoms with Gasteiger partial charge in [-0.05, 0) is 57.4 Å². The van der Waals surface area contributed by atoms with Crippen molar-refractivity contribution in [3.63, 3.8) is 0 Å². The van der Waals surface area contributed by atoms with Gasteiger partial charge < -0.3 is 60.9 Å². The van der Waals surface area contributed by atoms with Crippen molar-refractivity contribution in [2.45, 2.75) is 119 Å². The van der Waals surface area contributed by atoms with E-state index in [0.717, 1.165) is 0 Å². The van der Waals surface area contributed by atoms with E-state index in [2.05, 4.69) is 165 Å². The van der Waals surface area contributed by atoms with Crippen LogP contribution in [0.4, 0.5) is 0 Å². The van der Waals surface area contributed by atoms with Crippen molar-refractivity contribution in [1.82, 2.24) is 60.9 Å². The number of nitrogens with one attached hydrogen (secondary N) is 9. The predicted molar refractivity (Wildman–Crippen MR) is 177 cm³/mol. The highest BCUT2D eigenvalue weighted by Crippen LogP contribution is 2.03. The third kappa shape index (κ3) is 13.6. The van der Waals surface area contributed by atoms with Crippen molar-refractivity contribution < 1.29 is 0 Å². The Morgan fingerprint density at radius 3 is 0.667 bits per heavy atom. The van der Waals surface area contributed by atoms with E-state index in [9.17, 15) is 0 Å². The minimum absolute atomic E-state index is 0.0261. The first kappa shape index (κ1) is 36.9. The topological polar surface area (TPSA) is 118 Å². The molecule has 1 aliphatic heterocycles. The first-order chi connectivity index (χ1) is 18.0. The Labute approximate surface area is 244 Å². The lowest BCUT2D eigenvalue weighted by Crippen LogP contribution is -2.89. The number of rotatable bonds is 18. The second-order valence-electron chi connectivity index (χ2n) is 12.8. The first-order valence-corrected chi connectivity index (χ1v) is 15.0. The van der Waals surface area contributed by atoms with Crippen LogP contribution in [0.5, 0.6) is 0 Å². The molecule has 1 saturated heterocycles. The van der Waals surface area contributed by atoms with Crippen LogP contribution in [0.15, 0.2) is 0 Å². The molecule has 0 bridgehead atoms. The lowest BCUT2D eigenvalue weighted by atomic mass is 9.55. The largest absolute Gasteiger partial charge is 0.388 e. The van der Waals surface area contributed by atoms with Crippen molar-refractivity contribution >= 4 is 42.7 Å². The molecule has 0 aromatic rings. The summed E-state index contributed by atoms with van der Waals surface area (Å²) >= 11 is 0. The summed E-state index contributed by atoms with van der Waals surface area (Å²) in [4.78, 5) is 0. The van der Waals surface area contributed by atoms with Gasteiger partial charge in [-0.1, -0.05) is 83.1 Å². The monoisotopic (exact) mass is 547 g/mol. The Hall–Kier alpha value is -0.0904. The van der Waals surface area contributed by atoms with Gasteiger partial charge in [0.05, 0.1) is 0 Å². The van der Waals surface area contributed by atoms with Crippen LogP contribution in [0, 0.1) is 0 Å². The highest BCUT2D eigenvalue weighted by Gasteiger charge is 2.48. The van der Waals surface area contributed by atoms with E-state index in [-0.39, 0.29) is 42.7 Å². The molecule has 12 nitrogen and oxygen atoms in total. The van der Waals surface area contributed by atoms with E-state index in [1.807, 2.05) is 0 Å². The van der Waals surface area contributed by atoms with E-state index in [1.165, 1.54) is 0 Å². The van der Waals surface area contributed by atoms with Crippen LogP contribution in [0.3, 0.4) is 0 Å². The SMILES string of the molecule is CC(C)NB(NC(C)C)N(C)B1NB(N(C)B(NC(C)C)NC(C)C)NB(N(C)B(NC(C)C)NC(C)C)N1. The van der Waals surface area contributed by atoms with Gasteiger partial charge in [0.1, 0.15) is 0 Å². The summed E-state index contributed by atoms with van der Waals surface area (Å²) in [5, 5.41) is 33.5. The van der Waals surface area contributed by atoms with Gasteiger partial charge in [0, 0.05) is 0 Å². The zero-order valence-electron chi connectivity index (χ0n) is 27.8. The van der Waals surface area contributed by atoms with Crippen LogP contribution in [0.1, 0.15) is 83.1 Å². The van der Waals surface area contributed by atoms with Gasteiger partial charge in [-0.15, -0.1) is 0 Å². The summed E-state index contributed by atoms with van der Waals surface area (Å²) in [6.45, 7) is 26.2. The second-order valence-corrected chi connectivity index (χ2v) is 12.8. The first-order valence-electron chi connectivity index (χ1n) is 15.0. The molecule has 222 valence electrons. The van der Waals surface area contributed by atoms with E-state index in [1.54, 1.807) is 0 Å². The molecule has 1 rings (SSSR count). The zero-order valence-corrected chi connectivity index (χ0v) is 27.8. The van der Waals surface area contributed by atoms with Crippen LogP contribution in [0.25, 0.3) is 0 Å². The molecule has 0 unspecified atom stereocenters. The molecule has 1 heterocycles. The van der Waals surface area contributed by atoms with Crippen LogP contribution in [0.2, 0.25) is 0 Å². The molecule has 9 N–H and O–H groups in total. The molecule has 1 aliphatic rings. The van der Waals surface area contributed by atoms with Gasteiger partial charge in [-0.3, -0.25) is 0 Å². The molecule has 1 fully saturated rings. The lowest BCUT2D eigenvalue weighted by Gasteiger charge is -2.46. The predicted octanol–water partition coefficient (Wildman–Crippen LogP) is -1.54. The van der Waals surface area contributed by atoms with E-state index < -0.39 is 0 Å². The van der Waals surface area contributed by atoms with E-state index in [4.69, 9.17) is 0 Å². The Morgan fingerprint density at radius 1 is 0.385 bits per heavy atom. The molecular weight excluding hydrogens is 485 g/mol. The molecule has 0 saturated carbocycles. The highest BCUT2D eigenvalue weighted by molar-refractivity contribution is 6.91. The molecule has 18 heteroatoms. The molecular formula is C21H60B6N12. The molecule has 39 heavy (non-hydrogen) atoms. The van der Waals surface area contributed by atoms with Crippen LogP contribution in [-0.2, 0) is 0 Å². The highest BCUT2D eigenvalue weighted by atomic mass is 15.4. The molecule has 0 aliphatic carbocycles.